The summed E-state index contributed by atoms with van der Waals surface area (Å²) in [6.45, 7) is 3.80. The van der Waals surface area contributed by atoms with Crippen LogP contribution in [0.25, 0.3) is 0 Å². The summed E-state index contributed by atoms with van der Waals surface area (Å²) in [6, 6.07) is 11.6. The zero-order chi connectivity index (χ0) is 17.6. The molecule has 1 aliphatic heterocycles. The zero-order valence-electron chi connectivity index (χ0n) is 14.7. The number of hydrogen-bond donors (Lipinski definition) is 1. The van der Waals surface area contributed by atoms with E-state index in [0.29, 0.717) is 19.0 Å². The van der Waals surface area contributed by atoms with Gasteiger partial charge in [0, 0.05) is 43.6 Å². The summed E-state index contributed by atoms with van der Waals surface area (Å²) in [4.78, 5) is 23.4. The Balaban J connectivity index is 1.67. The Bertz CT molecular complexity index is 721. The van der Waals surface area contributed by atoms with Crippen LogP contribution in [-0.4, -0.2) is 47.0 Å². The van der Waals surface area contributed by atoms with Crippen LogP contribution in [-0.2, 0) is 11.3 Å². The second-order valence-corrected chi connectivity index (χ2v) is 6.34. The number of hydrogen-bond acceptors (Lipinski definition) is 5. The number of anilines is 1. The van der Waals surface area contributed by atoms with E-state index in [1.165, 1.54) is 0 Å². The lowest BCUT2D eigenvalue weighted by molar-refractivity contribution is 0.0714. The van der Waals surface area contributed by atoms with E-state index < -0.39 is 0 Å². The van der Waals surface area contributed by atoms with Crippen molar-refractivity contribution >= 4 is 11.7 Å². The van der Waals surface area contributed by atoms with Crippen molar-refractivity contribution in [3.8, 4) is 0 Å². The van der Waals surface area contributed by atoms with Crippen molar-refractivity contribution in [2.45, 2.75) is 32.4 Å². The van der Waals surface area contributed by atoms with E-state index in [2.05, 4.69) is 15.3 Å². The summed E-state index contributed by atoms with van der Waals surface area (Å²) in [5.41, 5.74) is 1.64. The van der Waals surface area contributed by atoms with Crippen LogP contribution < -0.4 is 5.32 Å². The number of nitrogens with zero attached hydrogens (tertiary/aromatic N) is 3. The second kappa shape index (κ2) is 8.07. The number of benzene rings is 1. The smallest absolute Gasteiger partial charge is 0.253 e. The number of amides is 1. The average molecular weight is 340 g/mol. The number of methoxy groups -OCH3 is 1. The number of carbonyl (C=O) groups excluding carboxylic acids is 1. The minimum Gasteiger partial charge on any atom is -0.377 e. The highest BCUT2D eigenvalue weighted by Crippen LogP contribution is 2.18. The molecule has 1 aliphatic rings. The molecule has 1 N–H and O–H groups in total. The highest BCUT2D eigenvalue weighted by molar-refractivity contribution is 5.94. The minimum absolute atomic E-state index is 0.0889. The van der Waals surface area contributed by atoms with Gasteiger partial charge in [0.1, 0.15) is 12.4 Å². The normalized spacial score (nSPS) is 17.4. The third-order valence-electron chi connectivity index (χ3n) is 4.26. The van der Waals surface area contributed by atoms with Gasteiger partial charge in [0.25, 0.3) is 5.91 Å². The Morgan fingerprint density at radius 2 is 2.12 bits per heavy atom. The number of likely N-dealkylation sites (tertiary alicyclic amines) is 1. The van der Waals surface area contributed by atoms with Crippen LogP contribution in [0.1, 0.15) is 34.7 Å². The first-order valence-electron chi connectivity index (χ1n) is 8.60. The number of aryl methyl sites for hydroxylation is 1. The van der Waals surface area contributed by atoms with E-state index in [4.69, 9.17) is 4.74 Å². The molecular formula is C19H24N4O2. The molecule has 2 aromatic rings. The average Bonchev–Trinajstić information content (AvgIpc) is 2.62. The Hall–Kier alpha value is -2.47. The van der Waals surface area contributed by atoms with Crippen molar-refractivity contribution in [1.29, 1.82) is 0 Å². The quantitative estimate of drug-likeness (QED) is 0.906. The van der Waals surface area contributed by atoms with Crippen LogP contribution in [0.3, 0.4) is 0 Å². The maximum Gasteiger partial charge on any atom is 0.253 e. The van der Waals surface area contributed by atoms with Gasteiger partial charge in [-0.1, -0.05) is 18.2 Å². The van der Waals surface area contributed by atoms with Gasteiger partial charge in [-0.2, -0.15) is 0 Å². The van der Waals surface area contributed by atoms with Gasteiger partial charge in [-0.15, -0.1) is 0 Å². The first-order chi connectivity index (χ1) is 12.2. The maximum absolute atomic E-state index is 12.6. The van der Waals surface area contributed by atoms with Crippen LogP contribution in [0.5, 0.6) is 0 Å². The molecule has 1 aromatic heterocycles. The predicted octanol–water partition coefficient (Wildman–Crippen LogP) is 2.65. The van der Waals surface area contributed by atoms with Gasteiger partial charge >= 0.3 is 0 Å². The van der Waals surface area contributed by atoms with Crippen LogP contribution in [0, 0.1) is 6.92 Å². The van der Waals surface area contributed by atoms with Gasteiger partial charge < -0.3 is 15.0 Å². The highest BCUT2D eigenvalue weighted by Gasteiger charge is 2.24. The van der Waals surface area contributed by atoms with E-state index in [1.54, 1.807) is 7.11 Å². The Morgan fingerprint density at radius 1 is 1.32 bits per heavy atom. The number of aromatic nitrogens is 2. The molecule has 0 radical (unpaired) electrons. The molecule has 132 valence electrons. The molecule has 1 saturated heterocycles. The minimum atomic E-state index is 0.0889. The summed E-state index contributed by atoms with van der Waals surface area (Å²) in [5, 5.41) is 3.46. The summed E-state index contributed by atoms with van der Waals surface area (Å²) >= 11 is 0. The third-order valence-corrected chi connectivity index (χ3v) is 4.26. The lowest BCUT2D eigenvalue weighted by Gasteiger charge is -2.33. The summed E-state index contributed by atoms with van der Waals surface area (Å²) < 4.78 is 5.12. The Morgan fingerprint density at radius 3 is 2.88 bits per heavy atom. The van der Waals surface area contributed by atoms with Crippen LogP contribution in [0.4, 0.5) is 5.82 Å². The molecular weight excluding hydrogens is 316 g/mol. The lowest BCUT2D eigenvalue weighted by Crippen LogP contribution is -2.45. The van der Waals surface area contributed by atoms with Crippen LogP contribution in [0.15, 0.2) is 36.4 Å². The van der Waals surface area contributed by atoms with Crippen molar-refractivity contribution < 1.29 is 9.53 Å². The predicted molar refractivity (Wildman–Crippen MR) is 96.5 cm³/mol. The van der Waals surface area contributed by atoms with Crippen molar-refractivity contribution in [3.05, 3.63) is 53.5 Å². The van der Waals surface area contributed by atoms with Crippen LogP contribution >= 0.6 is 0 Å². The number of rotatable bonds is 5. The van der Waals surface area contributed by atoms with Gasteiger partial charge in [-0.25, -0.2) is 9.97 Å². The molecule has 0 bridgehead atoms. The SMILES string of the molecule is COCc1nc(C)cc(NC2CCCN(C(=O)c3ccccc3)C2)n1. The molecule has 1 unspecified atom stereocenters. The fraction of sp³-hybridized carbons (Fsp3) is 0.421. The van der Waals surface area contributed by atoms with Gasteiger partial charge in [0.15, 0.2) is 5.82 Å². The lowest BCUT2D eigenvalue weighted by atomic mass is 10.0. The molecule has 1 aromatic carbocycles. The summed E-state index contributed by atoms with van der Waals surface area (Å²) in [7, 11) is 1.63. The molecule has 6 nitrogen and oxygen atoms in total. The summed E-state index contributed by atoms with van der Waals surface area (Å²) in [5.74, 6) is 1.54. The van der Waals surface area contributed by atoms with E-state index in [-0.39, 0.29) is 11.9 Å². The van der Waals surface area contributed by atoms with Gasteiger partial charge in [0.05, 0.1) is 0 Å². The third kappa shape index (κ3) is 4.54. The number of carbonyl (C=O) groups is 1. The molecule has 2 heterocycles. The molecule has 0 spiro atoms. The molecule has 1 amide bonds. The van der Waals surface area contributed by atoms with Crippen molar-refractivity contribution in [2.24, 2.45) is 0 Å². The first kappa shape index (κ1) is 17.4. The molecule has 25 heavy (non-hydrogen) atoms. The summed E-state index contributed by atoms with van der Waals surface area (Å²) in [6.07, 6.45) is 1.99. The van der Waals surface area contributed by atoms with Crippen molar-refractivity contribution in [3.63, 3.8) is 0 Å². The maximum atomic E-state index is 12.6. The molecule has 6 heteroatoms. The number of piperidine rings is 1. The highest BCUT2D eigenvalue weighted by atomic mass is 16.5. The monoisotopic (exact) mass is 340 g/mol. The first-order valence-corrected chi connectivity index (χ1v) is 8.60. The van der Waals surface area contributed by atoms with Crippen molar-refractivity contribution in [2.75, 3.05) is 25.5 Å². The van der Waals surface area contributed by atoms with E-state index >= 15 is 0 Å². The second-order valence-electron chi connectivity index (χ2n) is 6.34. The molecule has 0 saturated carbocycles. The molecule has 3 rings (SSSR count). The number of nitrogens with one attached hydrogen (secondary N) is 1. The topological polar surface area (TPSA) is 67.3 Å². The standard InChI is InChI=1S/C19H24N4O2/c1-14-11-17(22-18(20-14)13-25-2)21-16-9-6-10-23(12-16)19(24)15-7-4-3-5-8-15/h3-5,7-8,11,16H,6,9-10,12-13H2,1-2H3,(H,20,21,22). The van der Waals surface area contributed by atoms with Gasteiger partial charge in [-0.05, 0) is 31.9 Å². The van der Waals surface area contributed by atoms with E-state index in [1.807, 2.05) is 48.2 Å². The van der Waals surface area contributed by atoms with E-state index in [0.717, 1.165) is 36.5 Å². The molecule has 1 fully saturated rings. The van der Waals surface area contributed by atoms with E-state index in [9.17, 15) is 4.79 Å². The van der Waals surface area contributed by atoms with Crippen molar-refractivity contribution in [1.82, 2.24) is 14.9 Å². The largest absolute Gasteiger partial charge is 0.377 e. The Labute approximate surface area is 148 Å². The van der Waals surface area contributed by atoms with Crippen LogP contribution in [0.2, 0.25) is 0 Å². The molecule has 0 aliphatic carbocycles. The fourth-order valence-electron chi connectivity index (χ4n) is 3.15. The zero-order valence-corrected chi connectivity index (χ0v) is 14.7. The molecule has 1 atom stereocenters. The number of ether oxygens (including phenoxy) is 1. The van der Waals surface area contributed by atoms with Gasteiger partial charge in [0.2, 0.25) is 0 Å². The Kier molecular flexibility index (Phi) is 5.60. The van der Waals surface area contributed by atoms with Gasteiger partial charge in [-0.3, -0.25) is 4.79 Å². The fourth-order valence-corrected chi connectivity index (χ4v) is 3.15.